The van der Waals surface area contributed by atoms with E-state index in [0.717, 1.165) is 69.6 Å². The number of hydrogen-bond acceptors (Lipinski definition) is 6. The molecule has 29 heavy (non-hydrogen) atoms. The Kier molecular flexibility index (Phi) is 6.53. The van der Waals surface area contributed by atoms with E-state index in [1.54, 1.807) is 7.11 Å². The van der Waals surface area contributed by atoms with Crippen molar-refractivity contribution in [1.82, 2.24) is 15.0 Å². The molecular weight excluding hydrogens is 366 g/mol. The zero-order valence-electron chi connectivity index (χ0n) is 17.9. The van der Waals surface area contributed by atoms with Crippen molar-refractivity contribution in [3.63, 3.8) is 0 Å². The van der Waals surface area contributed by atoms with Gasteiger partial charge in [0.05, 0.1) is 32.1 Å². The molecule has 6 nitrogen and oxygen atoms in total. The lowest BCUT2D eigenvalue weighted by Crippen LogP contribution is -2.35. The van der Waals surface area contributed by atoms with Crippen LogP contribution in [0.15, 0.2) is 28.8 Å². The number of likely N-dealkylation sites (tertiary alicyclic amines) is 1. The van der Waals surface area contributed by atoms with Crippen LogP contribution in [0.2, 0.25) is 0 Å². The molecule has 2 aliphatic rings. The molecule has 0 spiro atoms. The van der Waals surface area contributed by atoms with Crippen LogP contribution >= 0.6 is 0 Å². The van der Waals surface area contributed by atoms with E-state index in [1.807, 2.05) is 0 Å². The van der Waals surface area contributed by atoms with Gasteiger partial charge in [0.2, 0.25) is 0 Å². The maximum Gasteiger partial charge on any atom is 0.154 e. The largest absolute Gasteiger partial charge is 0.496 e. The summed E-state index contributed by atoms with van der Waals surface area (Å²) in [5.41, 5.74) is 3.62. The Morgan fingerprint density at radius 1 is 1.14 bits per heavy atom. The van der Waals surface area contributed by atoms with Crippen molar-refractivity contribution in [1.29, 1.82) is 0 Å². The van der Waals surface area contributed by atoms with E-state index in [1.165, 1.54) is 17.5 Å². The van der Waals surface area contributed by atoms with Crippen molar-refractivity contribution in [3.8, 4) is 5.75 Å². The summed E-state index contributed by atoms with van der Waals surface area (Å²) in [5.74, 6) is 2.37. The van der Waals surface area contributed by atoms with Gasteiger partial charge < -0.3 is 14.0 Å². The van der Waals surface area contributed by atoms with E-state index in [2.05, 4.69) is 53.1 Å². The number of ether oxygens (including phenoxy) is 2. The first-order chi connectivity index (χ1) is 14.1. The number of rotatable bonds is 7. The molecule has 0 amide bonds. The summed E-state index contributed by atoms with van der Waals surface area (Å²) in [6.07, 6.45) is 2.32. The molecule has 0 N–H and O–H groups in total. The lowest BCUT2D eigenvalue weighted by molar-refractivity contribution is 0.0338. The topological polar surface area (TPSA) is 51.0 Å². The first kappa shape index (κ1) is 20.4. The second-order valence-electron chi connectivity index (χ2n) is 8.47. The summed E-state index contributed by atoms with van der Waals surface area (Å²) >= 11 is 0. The third kappa shape index (κ3) is 4.82. The number of benzene rings is 1. The fourth-order valence-corrected chi connectivity index (χ4v) is 4.36. The van der Waals surface area contributed by atoms with Crippen LogP contribution in [-0.4, -0.2) is 54.9 Å². The summed E-state index contributed by atoms with van der Waals surface area (Å²) in [6.45, 7) is 10.8. The summed E-state index contributed by atoms with van der Waals surface area (Å²) < 4.78 is 16.8. The fraction of sp³-hybridized carbons (Fsp3) is 0.609. The number of aromatic nitrogens is 1. The summed E-state index contributed by atoms with van der Waals surface area (Å²) in [7, 11) is 1.75. The van der Waals surface area contributed by atoms with Gasteiger partial charge in [-0.05, 0) is 43.0 Å². The smallest absolute Gasteiger partial charge is 0.154 e. The van der Waals surface area contributed by atoms with Crippen molar-refractivity contribution in [2.45, 2.75) is 51.7 Å². The Morgan fingerprint density at radius 2 is 1.97 bits per heavy atom. The molecule has 1 atom stereocenters. The first-order valence-electron chi connectivity index (χ1n) is 10.8. The van der Waals surface area contributed by atoms with Gasteiger partial charge in [0.1, 0.15) is 5.75 Å². The van der Waals surface area contributed by atoms with Gasteiger partial charge in [-0.25, -0.2) is 0 Å². The van der Waals surface area contributed by atoms with Crippen LogP contribution in [0.1, 0.15) is 61.2 Å². The molecule has 0 saturated carbocycles. The molecule has 2 saturated heterocycles. The van der Waals surface area contributed by atoms with Gasteiger partial charge in [-0.3, -0.25) is 9.80 Å². The van der Waals surface area contributed by atoms with Crippen molar-refractivity contribution in [2.75, 3.05) is 40.0 Å². The van der Waals surface area contributed by atoms with Gasteiger partial charge in [0, 0.05) is 37.8 Å². The summed E-state index contributed by atoms with van der Waals surface area (Å²) in [4.78, 5) is 4.96. The molecule has 0 radical (unpaired) electrons. The van der Waals surface area contributed by atoms with Crippen molar-refractivity contribution >= 4 is 0 Å². The minimum absolute atomic E-state index is 0.319. The maximum atomic E-state index is 5.71. The molecule has 158 valence electrons. The highest BCUT2D eigenvalue weighted by Gasteiger charge is 2.29. The predicted molar refractivity (Wildman–Crippen MR) is 112 cm³/mol. The Hall–Kier alpha value is -1.89. The average Bonchev–Trinajstić information content (AvgIpc) is 3.38. The maximum absolute atomic E-state index is 5.71. The molecule has 2 aliphatic heterocycles. The molecule has 1 aromatic heterocycles. The van der Waals surface area contributed by atoms with Crippen molar-refractivity contribution in [3.05, 3.63) is 46.8 Å². The Balaban J connectivity index is 1.48. The fourth-order valence-electron chi connectivity index (χ4n) is 4.36. The first-order valence-corrected chi connectivity index (χ1v) is 10.8. The molecule has 1 aromatic carbocycles. The van der Waals surface area contributed by atoms with Crippen LogP contribution < -0.4 is 4.74 Å². The molecule has 1 unspecified atom stereocenters. The normalized spacial score (nSPS) is 21.2. The van der Waals surface area contributed by atoms with Gasteiger partial charge in [-0.1, -0.05) is 25.1 Å². The lowest BCUT2D eigenvalue weighted by atomic mass is 10.1. The zero-order chi connectivity index (χ0) is 20.2. The second-order valence-corrected chi connectivity index (χ2v) is 8.47. The predicted octanol–water partition coefficient (Wildman–Crippen LogP) is 3.98. The Labute approximate surface area is 173 Å². The molecule has 4 rings (SSSR count). The van der Waals surface area contributed by atoms with E-state index < -0.39 is 0 Å². The van der Waals surface area contributed by atoms with E-state index in [0.29, 0.717) is 12.0 Å². The Morgan fingerprint density at radius 3 is 2.69 bits per heavy atom. The summed E-state index contributed by atoms with van der Waals surface area (Å²) in [5, 5.41) is 4.27. The van der Waals surface area contributed by atoms with E-state index >= 15 is 0 Å². The van der Waals surface area contributed by atoms with E-state index in [-0.39, 0.29) is 0 Å². The minimum Gasteiger partial charge on any atom is -0.496 e. The molecule has 0 aliphatic carbocycles. The summed E-state index contributed by atoms with van der Waals surface area (Å²) in [6, 6.07) is 9.08. The highest BCUT2D eigenvalue weighted by Crippen LogP contribution is 2.35. The highest BCUT2D eigenvalue weighted by atomic mass is 16.5. The van der Waals surface area contributed by atoms with Crippen LogP contribution in [-0.2, 0) is 17.8 Å². The standard InChI is InChI=1S/C23H33N3O3/c1-17(2)20-14-23(29-24-20)21-5-4-8-26(21)15-18-6-7-22(27-3)19(13-18)16-25-9-11-28-12-10-25/h6-7,13-14,17,21H,4-5,8-12,15-16H2,1-3H3. The third-order valence-electron chi connectivity index (χ3n) is 6.06. The van der Waals surface area contributed by atoms with Crippen molar-refractivity contribution < 1.29 is 14.0 Å². The van der Waals surface area contributed by atoms with Crippen LogP contribution in [0.3, 0.4) is 0 Å². The van der Waals surface area contributed by atoms with Gasteiger partial charge in [-0.15, -0.1) is 0 Å². The number of morpholine rings is 1. The SMILES string of the molecule is COc1ccc(CN2CCCC2c2cc(C(C)C)no2)cc1CN1CCOCC1. The molecule has 2 fully saturated rings. The van der Waals surface area contributed by atoms with Gasteiger partial charge in [0.15, 0.2) is 5.76 Å². The molecule has 6 heteroatoms. The number of methoxy groups -OCH3 is 1. The minimum atomic E-state index is 0.319. The molecular formula is C23H33N3O3. The van der Waals surface area contributed by atoms with Gasteiger partial charge >= 0.3 is 0 Å². The number of hydrogen-bond donors (Lipinski definition) is 0. The molecule has 2 aromatic rings. The molecule has 0 bridgehead atoms. The van der Waals surface area contributed by atoms with Crippen LogP contribution in [0.25, 0.3) is 0 Å². The lowest BCUT2D eigenvalue weighted by Gasteiger charge is -2.28. The number of nitrogens with zero attached hydrogens (tertiary/aromatic N) is 3. The zero-order valence-corrected chi connectivity index (χ0v) is 17.9. The monoisotopic (exact) mass is 399 g/mol. The van der Waals surface area contributed by atoms with Crippen LogP contribution in [0.5, 0.6) is 5.75 Å². The van der Waals surface area contributed by atoms with Gasteiger partial charge in [-0.2, -0.15) is 0 Å². The average molecular weight is 400 g/mol. The second kappa shape index (κ2) is 9.28. The van der Waals surface area contributed by atoms with E-state index in [9.17, 15) is 0 Å². The Bertz CT molecular complexity index is 798. The van der Waals surface area contributed by atoms with E-state index in [4.69, 9.17) is 14.0 Å². The van der Waals surface area contributed by atoms with Crippen LogP contribution in [0.4, 0.5) is 0 Å². The third-order valence-corrected chi connectivity index (χ3v) is 6.06. The van der Waals surface area contributed by atoms with Gasteiger partial charge in [0.25, 0.3) is 0 Å². The van der Waals surface area contributed by atoms with Crippen LogP contribution in [0, 0.1) is 0 Å². The molecule has 3 heterocycles. The quantitative estimate of drug-likeness (QED) is 0.702. The highest BCUT2D eigenvalue weighted by molar-refractivity contribution is 5.37. The van der Waals surface area contributed by atoms with Crippen molar-refractivity contribution in [2.24, 2.45) is 0 Å².